The van der Waals surface area contributed by atoms with Gasteiger partial charge in [0.15, 0.2) is 12.2 Å². The summed E-state index contributed by atoms with van der Waals surface area (Å²) in [7, 11) is 0. The van der Waals surface area contributed by atoms with Gasteiger partial charge < -0.3 is 23.7 Å². The Kier molecular flexibility index (Phi) is 8.11. The van der Waals surface area contributed by atoms with Crippen molar-refractivity contribution < 1.29 is 42.9 Å². The summed E-state index contributed by atoms with van der Waals surface area (Å²) in [5.74, 6) is -1.09. The molecule has 0 bridgehead atoms. The first-order valence-electron chi connectivity index (χ1n) is 7.10. The normalized spacial score (nSPS) is 28.2. The standard InChI is InChI=1S/C15H17IO9/c1-5-11(20)25-15-12(16)14(23-9(4)19)13(22-8(3)18)10(24-15)6-21-7(2)17/h1,10,12-15H,6H2,2-4H3/t10-,12-,13+,14-,15-/m1/s1. The van der Waals surface area contributed by atoms with Crippen molar-refractivity contribution in [2.45, 2.75) is 49.3 Å². The topological polar surface area (TPSA) is 114 Å². The SMILES string of the molecule is C#CC(=O)O[C@H]1O[C@H](COC(C)=O)[C@H](OC(C)=O)[C@H](OC(C)=O)[C@H]1I. The second kappa shape index (κ2) is 9.57. The molecule has 0 saturated carbocycles. The first-order valence-corrected chi connectivity index (χ1v) is 8.34. The lowest BCUT2D eigenvalue weighted by molar-refractivity contribution is -0.253. The quantitative estimate of drug-likeness (QED) is 0.139. The van der Waals surface area contributed by atoms with Crippen molar-refractivity contribution in [1.82, 2.24) is 0 Å². The van der Waals surface area contributed by atoms with Crippen molar-refractivity contribution in [3.63, 3.8) is 0 Å². The summed E-state index contributed by atoms with van der Waals surface area (Å²) >= 11 is 1.83. The molecule has 0 aromatic rings. The van der Waals surface area contributed by atoms with Crippen LogP contribution in [0.2, 0.25) is 0 Å². The van der Waals surface area contributed by atoms with Crippen LogP contribution in [0, 0.1) is 12.3 Å². The lowest BCUT2D eigenvalue weighted by Gasteiger charge is -2.42. The molecule has 1 saturated heterocycles. The maximum Gasteiger partial charge on any atom is 0.386 e. The zero-order valence-corrected chi connectivity index (χ0v) is 15.9. The van der Waals surface area contributed by atoms with E-state index in [9.17, 15) is 19.2 Å². The van der Waals surface area contributed by atoms with Gasteiger partial charge in [-0.15, -0.1) is 6.42 Å². The number of halogens is 1. The fraction of sp³-hybridized carbons (Fsp3) is 0.600. The zero-order valence-electron chi connectivity index (χ0n) is 13.7. The lowest BCUT2D eigenvalue weighted by atomic mass is 10.0. The molecule has 1 rings (SSSR count). The largest absolute Gasteiger partial charge is 0.463 e. The van der Waals surface area contributed by atoms with Gasteiger partial charge in [-0.05, 0) is 0 Å². The molecule has 138 valence electrons. The third-order valence-corrected chi connectivity index (χ3v) is 4.27. The smallest absolute Gasteiger partial charge is 0.386 e. The summed E-state index contributed by atoms with van der Waals surface area (Å²) in [6, 6.07) is 0. The maximum absolute atomic E-state index is 11.4. The fourth-order valence-corrected chi connectivity index (χ4v) is 2.97. The van der Waals surface area contributed by atoms with E-state index in [0.29, 0.717) is 0 Å². The van der Waals surface area contributed by atoms with Crippen molar-refractivity contribution in [2.24, 2.45) is 0 Å². The number of rotatable bonds is 5. The Bertz CT molecular complexity index is 582. The molecule has 0 amide bonds. The van der Waals surface area contributed by atoms with Gasteiger partial charge in [-0.25, -0.2) is 4.79 Å². The Morgan fingerprint density at radius 2 is 1.56 bits per heavy atom. The molecule has 0 unspecified atom stereocenters. The van der Waals surface area contributed by atoms with Crippen molar-refractivity contribution in [3.8, 4) is 12.3 Å². The van der Waals surface area contributed by atoms with Gasteiger partial charge in [-0.2, -0.15) is 0 Å². The van der Waals surface area contributed by atoms with Crippen LogP contribution in [0.25, 0.3) is 0 Å². The number of terminal acetylenes is 1. The van der Waals surface area contributed by atoms with Crippen LogP contribution in [0.4, 0.5) is 0 Å². The molecule has 5 atom stereocenters. The Labute approximate surface area is 157 Å². The Balaban J connectivity index is 3.11. The molecular weight excluding hydrogens is 451 g/mol. The molecule has 9 nitrogen and oxygen atoms in total. The van der Waals surface area contributed by atoms with E-state index in [1.54, 1.807) is 5.92 Å². The molecule has 0 N–H and O–H groups in total. The van der Waals surface area contributed by atoms with E-state index in [1.807, 2.05) is 22.6 Å². The van der Waals surface area contributed by atoms with Gasteiger partial charge in [0.2, 0.25) is 6.29 Å². The fourth-order valence-electron chi connectivity index (χ4n) is 2.10. The highest BCUT2D eigenvalue weighted by atomic mass is 127. The molecule has 0 aromatic carbocycles. The van der Waals surface area contributed by atoms with Gasteiger partial charge in [0.05, 0.1) is 0 Å². The van der Waals surface area contributed by atoms with E-state index >= 15 is 0 Å². The van der Waals surface area contributed by atoms with E-state index in [2.05, 4.69) is 0 Å². The highest BCUT2D eigenvalue weighted by molar-refractivity contribution is 14.1. The highest BCUT2D eigenvalue weighted by Gasteiger charge is 2.50. The van der Waals surface area contributed by atoms with Crippen LogP contribution in [0.5, 0.6) is 0 Å². The van der Waals surface area contributed by atoms with Crippen molar-refractivity contribution in [1.29, 1.82) is 0 Å². The van der Waals surface area contributed by atoms with Crippen molar-refractivity contribution in [2.75, 3.05) is 6.61 Å². The number of carbonyl (C=O) groups is 4. The molecule has 0 radical (unpaired) electrons. The van der Waals surface area contributed by atoms with Crippen LogP contribution < -0.4 is 0 Å². The summed E-state index contributed by atoms with van der Waals surface area (Å²) in [5.41, 5.74) is 0. The van der Waals surface area contributed by atoms with Crippen LogP contribution in [-0.2, 0) is 42.9 Å². The van der Waals surface area contributed by atoms with Gasteiger partial charge in [0.1, 0.15) is 16.6 Å². The van der Waals surface area contributed by atoms with Gasteiger partial charge in [-0.1, -0.05) is 22.6 Å². The zero-order chi connectivity index (χ0) is 19.1. The summed E-state index contributed by atoms with van der Waals surface area (Å²) in [6.45, 7) is 3.22. The lowest BCUT2D eigenvalue weighted by Crippen LogP contribution is -2.60. The molecule has 0 aliphatic carbocycles. The monoisotopic (exact) mass is 468 g/mol. The number of hydrogen-bond acceptors (Lipinski definition) is 9. The second-order valence-electron chi connectivity index (χ2n) is 4.99. The minimum Gasteiger partial charge on any atom is -0.463 e. The Morgan fingerprint density at radius 3 is 2.04 bits per heavy atom. The molecule has 0 aromatic heterocycles. The molecule has 1 heterocycles. The minimum atomic E-state index is -1.19. The molecule has 0 spiro atoms. The van der Waals surface area contributed by atoms with Gasteiger partial charge in [0.25, 0.3) is 0 Å². The third kappa shape index (κ3) is 6.50. The van der Waals surface area contributed by atoms with Gasteiger partial charge in [0, 0.05) is 26.7 Å². The minimum absolute atomic E-state index is 0.307. The summed E-state index contributed by atoms with van der Waals surface area (Å²) in [4.78, 5) is 45.2. The highest BCUT2D eigenvalue weighted by Crippen LogP contribution is 2.32. The Hall–Kier alpha value is -1.87. The van der Waals surface area contributed by atoms with Crippen LogP contribution >= 0.6 is 22.6 Å². The second-order valence-corrected chi connectivity index (χ2v) is 6.43. The van der Waals surface area contributed by atoms with E-state index in [1.165, 1.54) is 20.8 Å². The van der Waals surface area contributed by atoms with Crippen LogP contribution in [0.15, 0.2) is 0 Å². The predicted molar refractivity (Wildman–Crippen MR) is 89.1 cm³/mol. The van der Waals surface area contributed by atoms with Gasteiger partial charge >= 0.3 is 23.9 Å². The van der Waals surface area contributed by atoms with Crippen LogP contribution in [0.1, 0.15) is 20.8 Å². The number of esters is 4. The van der Waals surface area contributed by atoms with Crippen LogP contribution in [0.3, 0.4) is 0 Å². The summed E-state index contributed by atoms with van der Waals surface area (Å²) in [6.07, 6.45) is 0.673. The summed E-state index contributed by atoms with van der Waals surface area (Å²) in [5, 5.41) is 0. The molecular formula is C15H17IO9. The van der Waals surface area contributed by atoms with E-state index < -0.39 is 52.4 Å². The first-order chi connectivity index (χ1) is 11.6. The number of alkyl halides is 1. The Morgan fingerprint density at radius 1 is 1.00 bits per heavy atom. The maximum atomic E-state index is 11.4. The third-order valence-electron chi connectivity index (χ3n) is 2.97. The molecule has 1 aliphatic heterocycles. The number of hydrogen-bond donors (Lipinski definition) is 0. The van der Waals surface area contributed by atoms with E-state index in [-0.39, 0.29) is 6.61 Å². The van der Waals surface area contributed by atoms with E-state index in [4.69, 9.17) is 30.1 Å². The average Bonchev–Trinajstić information content (AvgIpc) is 2.51. The summed E-state index contributed by atoms with van der Waals surface area (Å²) < 4.78 is 25.1. The molecule has 1 aliphatic rings. The number of carbonyl (C=O) groups excluding carboxylic acids is 4. The molecule has 10 heteroatoms. The first kappa shape index (κ1) is 21.2. The average molecular weight is 468 g/mol. The molecule has 25 heavy (non-hydrogen) atoms. The van der Waals surface area contributed by atoms with Crippen molar-refractivity contribution >= 4 is 46.5 Å². The van der Waals surface area contributed by atoms with Crippen LogP contribution in [-0.4, -0.2) is 59.0 Å². The van der Waals surface area contributed by atoms with Gasteiger partial charge in [-0.3, -0.25) is 14.4 Å². The molecule has 1 fully saturated rings. The predicted octanol–water partition coefficient (Wildman–Crippen LogP) is 0.118. The van der Waals surface area contributed by atoms with E-state index in [0.717, 1.165) is 0 Å². The van der Waals surface area contributed by atoms with Crippen molar-refractivity contribution in [3.05, 3.63) is 0 Å². The number of ether oxygens (including phenoxy) is 5.